The number of carbonyl (C=O) groups is 4. The Bertz CT molecular complexity index is 1380. The maximum absolute atomic E-state index is 12.6. The zero-order valence-corrected chi connectivity index (χ0v) is 20.3. The number of hydrogen-bond acceptors (Lipinski definition) is 11. The third-order valence-corrected chi connectivity index (χ3v) is 5.19. The van der Waals surface area contributed by atoms with Gasteiger partial charge in [-0.3, -0.25) is 24.2 Å². The zero-order valence-electron chi connectivity index (χ0n) is 20.3. The molecule has 15 nitrogen and oxygen atoms in total. The predicted octanol–water partition coefficient (Wildman–Crippen LogP) is -0.452. The average Bonchev–Trinajstić information content (AvgIpc) is 2.88. The molecule has 0 saturated heterocycles. The molecule has 0 aliphatic carbocycles. The molecule has 2 atom stereocenters. The summed E-state index contributed by atoms with van der Waals surface area (Å²) < 4.78 is 4.56. The summed E-state index contributed by atoms with van der Waals surface area (Å²) in [6.45, 7) is 2.10. The van der Waals surface area contributed by atoms with E-state index in [1.807, 2.05) is 0 Å². The zero-order chi connectivity index (χ0) is 27.7. The number of hydrogen-bond donors (Lipinski definition) is 6. The summed E-state index contributed by atoms with van der Waals surface area (Å²) in [6, 6.07) is 4.51. The summed E-state index contributed by atoms with van der Waals surface area (Å²) in [5, 5.41) is 17.5. The van der Waals surface area contributed by atoms with Gasteiger partial charge in [-0.25, -0.2) is 14.8 Å². The van der Waals surface area contributed by atoms with Gasteiger partial charge in [-0.2, -0.15) is 4.98 Å². The molecule has 3 aromatic rings. The van der Waals surface area contributed by atoms with Crippen molar-refractivity contribution in [1.82, 2.24) is 30.6 Å². The normalized spacial score (nSPS) is 12.2. The number of rotatable bonds is 13. The number of carbonyl (C=O) groups excluding carboxylic acids is 3. The van der Waals surface area contributed by atoms with Gasteiger partial charge in [0.1, 0.15) is 12.6 Å². The van der Waals surface area contributed by atoms with Crippen molar-refractivity contribution in [3.05, 3.63) is 52.1 Å². The Hall–Kier alpha value is -5.08. The third-order valence-electron chi connectivity index (χ3n) is 5.19. The van der Waals surface area contributed by atoms with Gasteiger partial charge in [0.05, 0.1) is 24.5 Å². The van der Waals surface area contributed by atoms with Crippen molar-refractivity contribution in [2.24, 2.45) is 0 Å². The number of aliphatic carboxylic acids is 1. The molecule has 200 valence electrons. The number of nitrogen functional groups attached to an aromatic ring is 1. The molecule has 0 aliphatic rings. The van der Waals surface area contributed by atoms with Crippen LogP contribution in [0.5, 0.6) is 0 Å². The highest BCUT2D eigenvalue weighted by atomic mass is 16.5. The number of nitrogens with two attached hydrogens (primary N) is 1. The molecule has 0 aliphatic heterocycles. The maximum atomic E-state index is 12.6. The van der Waals surface area contributed by atoms with Crippen LogP contribution < -0.4 is 27.2 Å². The van der Waals surface area contributed by atoms with E-state index in [9.17, 15) is 29.1 Å². The molecule has 3 rings (SSSR count). The van der Waals surface area contributed by atoms with E-state index in [0.717, 1.165) is 0 Å². The first-order valence-corrected chi connectivity index (χ1v) is 11.4. The van der Waals surface area contributed by atoms with Crippen molar-refractivity contribution in [2.45, 2.75) is 38.4 Å². The summed E-state index contributed by atoms with van der Waals surface area (Å²) in [5.74, 6) is -2.40. The number of ether oxygens (including phenoxy) is 1. The van der Waals surface area contributed by atoms with Gasteiger partial charge in [-0.15, -0.1) is 0 Å². The minimum atomic E-state index is -1.29. The van der Waals surface area contributed by atoms with Gasteiger partial charge >= 0.3 is 5.97 Å². The van der Waals surface area contributed by atoms with E-state index in [1.54, 1.807) is 19.1 Å². The molecule has 2 heterocycles. The van der Waals surface area contributed by atoms with Crippen molar-refractivity contribution in [3.63, 3.8) is 0 Å². The molecule has 38 heavy (non-hydrogen) atoms. The van der Waals surface area contributed by atoms with Crippen molar-refractivity contribution < 1.29 is 29.0 Å². The van der Waals surface area contributed by atoms with Gasteiger partial charge in [0.25, 0.3) is 17.9 Å². The monoisotopic (exact) mass is 526 g/mol. The minimum absolute atomic E-state index is 0.0122. The van der Waals surface area contributed by atoms with E-state index in [-0.39, 0.29) is 55.1 Å². The van der Waals surface area contributed by atoms with Crippen LogP contribution >= 0.6 is 0 Å². The number of aromatic nitrogens is 4. The standard InChI is InChI=1S/C23H26N8O7/c1-12(10-38-11-32)27-17(33)7-6-16(22(36)37)29-20(34)13-2-4-14(5-3-13)25-8-15-9-26-19-18(28-15)21(35)31-23(24)30-19/h2-5,9,11-12,16,25H,6-8,10H2,1H3,(H,27,33)(H,29,34)(H,36,37)(H3,24,26,30,31,35). The molecular formula is C23H26N8O7. The van der Waals surface area contributed by atoms with Crippen LogP contribution in [0.3, 0.4) is 0 Å². The van der Waals surface area contributed by atoms with E-state index in [2.05, 4.69) is 40.6 Å². The van der Waals surface area contributed by atoms with Gasteiger partial charge < -0.3 is 31.5 Å². The molecule has 0 fully saturated rings. The van der Waals surface area contributed by atoms with Gasteiger partial charge in [0.15, 0.2) is 11.2 Å². The van der Waals surface area contributed by atoms with Crippen molar-refractivity contribution in [3.8, 4) is 0 Å². The number of carboxylic acids is 1. The SMILES string of the molecule is CC(COC=O)NC(=O)CCC(NC(=O)c1ccc(NCc2cnc3nc(N)[nH]c(=O)c3n2)cc1)C(=O)O. The molecule has 2 unspecified atom stereocenters. The first kappa shape index (κ1) is 27.5. The first-order chi connectivity index (χ1) is 18.2. The second-order valence-corrected chi connectivity index (χ2v) is 8.22. The fourth-order valence-electron chi connectivity index (χ4n) is 3.33. The Morgan fingerprint density at radius 3 is 2.61 bits per heavy atom. The van der Waals surface area contributed by atoms with Crippen LogP contribution in [0.15, 0.2) is 35.3 Å². The summed E-state index contributed by atoms with van der Waals surface area (Å²) in [5.41, 5.74) is 6.49. The number of amides is 2. The number of fused-ring (bicyclic) bond motifs is 1. The fraction of sp³-hybridized carbons (Fsp3) is 0.304. The Labute approximate surface area is 215 Å². The average molecular weight is 527 g/mol. The quantitative estimate of drug-likeness (QED) is 0.155. The number of H-pyrrole nitrogens is 1. The summed E-state index contributed by atoms with van der Waals surface area (Å²) in [4.78, 5) is 72.9. The van der Waals surface area contributed by atoms with Crippen molar-refractivity contribution >= 4 is 47.1 Å². The molecule has 0 spiro atoms. The van der Waals surface area contributed by atoms with Gasteiger partial charge in [-0.1, -0.05) is 0 Å². The lowest BCUT2D eigenvalue weighted by atomic mass is 10.1. The number of benzene rings is 1. The molecule has 15 heteroatoms. The van der Waals surface area contributed by atoms with Crippen molar-refractivity contribution in [1.29, 1.82) is 0 Å². The smallest absolute Gasteiger partial charge is 0.326 e. The number of carboxylic acid groups (broad SMARTS) is 1. The topological polar surface area (TPSA) is 231 Å². The van der Waals surface area contributed by atoms with E-state index in [0.29, 0.717) is 11.4 Å². The lowest BCUT2D eigenvalue weighted by Gasteiger charge is -2.16. The summed E-state index contributed by atoms with van der Waals surface area (Å²) >= 11 is 0. The van der Waals surface area contributed by atoms with E-state index in [4.69, 9.17) is 5.73 Å². The lowest BCUT2D eigenvalue weighted by molar-refractivity contribution is -0.139. The molecule has 2 aromatic heterocycles. The molecular weight excluding hydrogens is 500 g/mol. The van der Waals surface area contributed by atoms with Crippen LogP contribution in [0.2, 0.25) is 0 Å². The largest absolute Gasteiger partial charge is 0.480 e. The Balaban J connectivity index is 1.53. The van der Waals surface area contributed by atoms with E-state index in [1.165, 1.54) is 18.3 Å². The van der Waals surface area contributed by atoms with Crippen LogP contribution in [0.1, 0.15) is 35.8 Å². The summed E-state index contributed by atoms with van der Waals surface area (Å²) in [6.07, 6.45) is 1.17. The second kappa shape index (κ2) is 12.8. The van der Waals surface area contributed by atoms with Gasteiger partial charge in [0, 0.05) is 17.7 Å². The Morgan fingerprint density at radius 2 is 1.92 bits per heavy atom. The number of nitrogens with one attached hydrogen (secondary N) is 4. The maximum Gasteiger partial charge on any atom is 0.326 e. The van der Waals surface area contributed by atoms with E-state index >= 15 is 0 Å². The van der Waals surface area contributed by atoms with Gasteiger partial charge in [0.2, 0.25) is 11.9 Å². The molecule has 0 bridgehead atoms. The number of nitrogens with zero attached hydrogens (tertiary/aromatic N) is 3. The molecule has 0 radical (unpaired) electrons. The first-order valence-electron chi connectivity index (χ1n) is 11.4. The number of anilines is 2. The Morgan fingerprint density at radius 1 is 1.18 bits per heavy atom. The molecule has 0 saturated carbocycles. The van der Waals surface area contributed by atoms with Crippen LogP contribution in [0, 0.1) is 0 Å². The molecule has 7 N–H and O–H groups in total. The van der Waals surface area contributed by atoms with Crippen LogP contribution in [0.25, 0.3) is 11.2 Å². The lowest BCUT2D eigenvalue weighted by Crippen LogP contribution is -2.42. The molecule has 2 amide bonds. The van der Waals surface area contributed by atoms with Crippen LogP contribution in [0.4, 0.5) is 11.6 Å². The van der Waals surface area contributed by atoms with E-state index < -0.39 is 35.4 Å². The highest BCUT2D eigenvalue weighted by molar-refractivity contribution is 5.97. The predicted molar refractivity (Wildman–Crippen MR) is 134 cm³/mol. The Kier molecular flexibility index (Phi) is 9.23. The van der Waals surface area contributed by atoms with Crippen LogP contribution in [-0.4, -0.2) is 68.0 Å². The fourth-order valence-corrected chi connectivity index (χ4v) is 3.33. The molecule has 1 aromatic carbocycles. The highest BCUT2D eigenvalue weighted by Gasteiger charge is 2.22. The number of aromatic amines is 1. The highest BCUT2D eigenvalue weighted by Crippen LogP contribution is 2.12. The second-order valence-electron chi connectivity index (χ2n) is 8.22. The van der Waals surface area contributed by atoms with Crippen LogP contribution in [-0.2, 0) is 25.7 Å². The van der Waals surface area contributed by atoms with Crippen molar-refractivity contribution in [2.75, 3.05) is 17.7 Å². The summed E-state index contributed by atoms with van der Waals surface area (Å²) in [7, 11) is 0. The van der Waals surface area contributed by atoms with Gasteiger partial charge in [-0.05, 0) is 37.6 Å². The minimum Gasteiger partial charge on any atom is -0.480 e. The third kappa shape index (κ3) is 7.71.